The second-order valence-corrected chi connectivity index (χ2v) is 3.76. The van der Waals surface area contributed by atoms with Crippen molar-refractivity contribution >= 4 is 12.6 Å². The van der Waals surface area contributed by atoms with Gasteiger partial charge in [0.25, 0.3) is 0 Å². The molecule has 0 aromatic rings. The van der Waals surface area contributed by atoms with Crippen molar-refractivity contribution in [3.63, 3.8) is 0 Å². The van der Waals surface area contributed by atoms with E-state index in [4.69, 9.17) is 0 Å². The Morgan fingerprint density at radius 3 is 2.62 bits per heavy atom. The van der Waals surface area contributed by atoms with Crippen LogP contribution >= 0.6 is 12.6 Å². The third-order valence-electron chi connectivity index (χ3n) is 2.31. The maximum absolute atomic E-state index is 4.49. The van der Waals surface area contributed by atoms with Crippen molar-refractivity contribution in [2.24, 2.45) is 0 Å². The molecule has 0 radical (unpaired) electrons. The fraction of sp³-hybridized carbons (Fsp3) is 0.500. The van der Waals surface area contributed by atoms with Crippen LogP contribution in [0, 0.1) is 0 Å². The Labute approximate surface area is 86.8 Å². The average molecular weight is 194 g/mol. The monoisotopic (exact) mass is 194 g/mol. The molecule has 0 aliphatic heterocycles. The molecule has 0 unspecified atom stereocenters. The third-order valence-corrected chi connectivity index (χ3v) is 2.73. The summed E-state index contributed by atoms with van der Waals surface area (Å²) in [7, 11) is 0. The lowest BCUT2D eigenvalue weighted by Crippen LogP contribution is -1.94. The van der Waals surface area contributed by atoms with Gasteiger partial charge >= 0.3 is 0 Å². The van der Waals surface area contributed by atoms with Crippen molar-refractivity contribution in [2.75, 3.05) is 0 Å². The Hall–Kier alpha value is -0.430. The number of hydrogen-bond acceptors (Lipinski definition) is 1. The van der Waals surface area contributed by atoms with Crippen LogP contribution in [0.25, 0.3) is 0 Å². The molecular formula is C12H18S. The first kappa shape index (κ1) is 10.6. The Bertz CT molecular complexity index is 256. The van der Waals surface area contributed by atoms with Gasteiger partial charge in [0, 0.05) is 4.91 Å². The molecule has 72 valence electrons. The first-order valence-electron chi connectivity index (χ1n) is 5.08. The van der Waals surface area contributed by atoms with Gasteiger partial charge in [0.2, 0.25) is 0 Å². The van der Waals surface area contributed by atoms with Crippen LogP contribution < -0.4 is 0 Å². The first-order valence-corrected chi connectivity index (χ1v) is 5.53. The zero-order chi connectivity index (χ0) is 9.68. The number of hydrogen-bond donors (Lipinski definition) is 1. The van der Waals surface area contributed by atoms with E-state index in [1.54, 1.807) is 0 Å². The van der Waals surface area contributed by atoms with Crippen LogP contribution in [-0.2, 0) is 0 Å². The third kappa shape index (κ3) is 2.77. The fourth-order valence-corrected chi connectivity index (χ4v) is 2.01. The minimum atomic E-state index is 1.11. The molecule has 13 heavy (non-hydrogen) atoms. The van der Waals surface area contributed by atoms with Gasteiger partial charge in [-0.05, 0) is 36.8 Å². The minimum Gasteiger partial charge on any atom is -0.143 e. The summed E-state index contributed by atoms with van der Waals surface area (Å²) in [5.74, 6) is 0. The molecule has 0 heterocycles. The van der Waals surface area contributed by atoms with Crippen LogP contribution in [0.5, 0.6) is 0 Å². The maximum Gasteiger partial charge on any atom is 0.00721 e. The van der Waals surface area contributed by atoms with E-state index in [-0.39, 0.29) is 0 Å². The molecule has 0 saturated heterocycles. The molecule has 0 aromatic heterocycles. The molecule has 0 bridgehead atoms. The summed E-state index contributed by atoms with van der Waals surface area (Å²) in [5.41, 5.74) is 2.81. The van der Waals surface area contributed by atoms with Crippen molar-refractivity contribution in [3.8, 4) is 0 Å². The van der Waals surface area contributed by atoms with Crippen LogP contribution in [0.15, 0.2) is 34.3 Å². The Morgan fingerprint density at radius 1 is 1.38 bits per heavy atom. The normalized spacial score (nSPS) is 18.2. The van der Waals surface area contributed by atoms with Crippen molar-refractivity contribution in [1.29, 1.82) is 0 Å². The number of rotatable bonds is 3. The van der Waals surface area contributed by atoms with Gasteiger partial charge in [0.05, 0.1) is 0 Å². The van der Waals surface area contributed by atoms with Crippen LogP contribution in [0.4, 0.5) is 0 Å². The predicted octanol–water partition coefficient (Wildman–Crippen LogP) is 4.27. The molecule has 0 nitrogen and oxygen atoms in total. The molecule has 1 rings (SSSR count). The molecule has 0 saturated carbocycles. The fourth-order valence-electron chi connectivity index (χ4n) is 1.65. The molecule has 0 fully saturated rings. The maximum atomic E-state index is 4.49. The zero-order valence-electron chi connectivity index (χ0n) is 8.51. The topological polar surface area (TPSA) is 0 Å². The molecule has 0 aromatic carbocycles. The van der Waals surface area contributed by atoms with Crippen molar-refractivity contribution in [2.45, 2.75) is 39.5 Å². The smallest absolute Gasteiger partial charge is 0.00721 e. The summed E-state index contributed by atoms with van der Waals surface area (Å²) in [6.07, 6.45) is 11.4. The average Bonchev–Trinajstić information content (AvgIpc) is 2.16. The lowest BCUT2D eigenvalue weighted by Gasteiger charge is -2.14. The van der Waals surface area contributed by atoms with Gasteiger partial charge < -0.3 is 0 Å². The molecule has 0 spiro atoms. The predicted molar refractivity (Wildman–Crippen MR) is 63.1 cm³/mol. The Balaban J connectivity index is 2.85. The summed E-state index contributed by atoms with van der Waals surface area (Å²) in [6, 6.07) is 0. The lowest BCUT2D eigenvalue weighted by atomic mass is 9.96. The Kier molecular flexibility index (Phi) is 4.37. The van der Waals surface area contributed by atoms with E-state index in [0.29, 0.717) is 0 Å². The second-order valence-electron chi connectivity index (χ2n) is 3.28. The highest BCUT2D eigenvalue weighted by Gasteiger charge is 2.08. The Morgan fingerprint density at radius 2 is 2.08 bits per heavy atom. The molecule has 1 aliphatic carbocycles. The van der Waals surface area contributed by atoms with Gasteiger partial charge in [0.15, 0.2) is 0 Å². The van der Waals surface area contributed by atoms with Crippen molar-refractivity contribution in [1.82, 2.24) is 0 Å². The SMILES string of the molecule is CC/C=C(\CC)C1=CCCC=C1S. The van der Waals surface area contributed by atoms with Crippen LogP contribution in [-0.4, -0.2) is 0 Å². The van der Waals surface area contributed by atoms with E-state index in [0.717, 1.165) is 24.2 Å². The minimum absolute atomic E-state index is 1.11. The number of thiol groups is 1. The van der Waals surface area contributed by atoms with E-state index >= 15 is 0 Å². The van der Waals surface area contributed by atoms with Gasteiger partial charge in [-0.25, -0.2) is 0 Å². The van der Waals surface area contributed by atoms with Crippen LogP contribution in [0.2, 0.25) is 0 Å². The van der Waals surface area contributed by atoms with E-state index < -0.39 is 0 Å². The van der Waals surface area contributed by atoms with Crippen LogP contribution in [0.3, 0.4) is 0 Å². The number of allylic oxidation sites excluding steroid dienone is 5. The first-order chi connectivity index (χ1) is 6.29. The van der Waals surface area contributed by atoms with Crippen molar-refractivity contribution < 1.29 is 0 Å². The summed E-state index contributed by atoms with van der Waals surface area (Å²) >= 11 is 4.49. The molecule has 1 heteroatoms. The molecule has 0 atom stereocenters. The highest BCUT2D eigenvalue weighted by atomic mass is 32.1. The quantitative estimate of drug-likeness (QED) is 0.637. The molecule has 0 N–H and O–H groups in total. The van der Waals surface area contributed by atoms with E-state index in [2.05, 4.69) is 44.7 Å². The zero-order valence-corrected chi connectivity index (χ0v) is 9.40. The van der Waals surface area contributed by atoms with E-state index in [1.165, 1.54) is 17.6 Å². The van der Waals surface area contributed by atoms with Crippen LogP contribution in [0.1, 0.15) is 39.5 Å². The highest BCUT2D eigenvalue weighted by molar-refractivity contribution is 7.84. The van der Waals surface area contributed by atoms with Gasteiger partial charge in [-0.15, -0.1) is 12.6 Å². The van der Waals surface area contributed by atoms with E-state index in [1.807, 2.05) is 0 Å². The van der Waals surface area contributed by atoms with Gasteiger partial charge in [-0.1, -0.05) is 32.1 Å². The largest absolute Gasteiger partial charge is 0.143 e. The summed E-state index contributed by atoms with van der Waals surface area (Å²) in [4.78, 5) is 1.16. The second kappa shape index (κ2) is 5.33. The summed E-state index contributed by atoms with van der Waals surface area (Å²) < 4.78 is 0. The van der Waals surface area contributed by atoms with Gasteiger partial charge in [0.1, 0.15) is 0 Å². The van der Waals surface area contributed by atoms with Crippen molar-refractivity contribution in [3.05, 3.63) is 34.3 Å². The molecular weight excluding hydrogens is 176 g/mol. The highest BCUT2D eigenvalue weighted by Crippen LogP contribution is 2.29. The molecule has 1 aliphatic rings. The van der Waals surface area contributed by atoms with Gasteiger partial charge in [-0.2, -0.15) is 0 Å². The lowest BCUT2D eigenvalue weighted by molar-refractivity contribution is 0.990. The van der Waals surface area contributed by atoms with Gasteiger partial charge in [-0.3, -0.25) is 0 Å². The summed E-state index contributed by atoms with van der Waals surface area (Å²) in [5, 5.41) is 0. The standard InChI is InChI=1S/C12H18S/c1-3-7-10(4-2)11-8-5-6-9-12(11)13/h7-9,13H,3-6H2,1-2H3/b10-7+. The summed E-state index contributed by atoms with van der Waals surface area (Å²) in [6.45, 7) is 4.39. The van der Waals surface area contributed by atoms with E-state index in [9.17, 15) is 0 Å². The molecule has 0 amide bonds.